The lowest BCUT2D eigenvalue weighted by Gasteiger charge is -2.11. The van der Waals surface area contributed by atoms with Gasteiger partial charge in [-0.1, -0.05) is 6.07 Å². The van der Waals surface area contributed by atoms with E-state index < -0.39 is 0 Å². The summed E-state index contributed by atoms with van der Waals surface area (Å²) in [4.78, 5) is 0. The SMILES string of the molecule is CNC(C)CCc1ccc(F)cc1C. The molecule has 1 aromatic rings. The average molecular weight is 195 g/mol. The second-order valence-corrected chi connectivity index (χ2v) is 3.80. The standard InChI is InChI=1S/C12H18FN/c1-9-8-12(13)7-6-11(9)5-4-10(2)14-3/h6-8,10,14H,4-5H2,1-3H3. The monoisotopic (exact) mass is 195 g/mol. The summed E-state index contributed by atoms with van der Waals surface area (Å²) in [5, 5.41) is 3.19. The zero-order valence-corrected chi connectivity index (χ0v) is 9.10. The molecule has 0 radical (unpaired) electrons. The van der Waals surface area contributed by atoms with Crippen LogP contribution in [0.3, 0.4) is 0 Å². The molecule has 0 saturated carbocycles. The molecule has 2 heteroatoms. The van der Waals surface area contributed by atoms with E-state index in [0.717, 1.165) is 18.4 Å². The highest BCUT2D eigenvalue weighted by Crippen LogP contribution is 2.12. The molecule has 1 N–H and O–H groups in total. The minimum absolute atomic E-state index is 0.145. The Balaban J connectivity index is 2.59. The van der Waals surface area contributed by atoms with Gasteiger partial charge >= 0.3 is 0 Å². The smallest absolute Gasteiger partial charge is 0.123 e. The fourth-order valence-electron chi connectivity index (χ4n) is 1.46. The first-order valence-electron chi connectivity index (χ1n) is 5.05. The Morgan fingerprint density at radius 3 is 2.71 bits per heavy atom. The molecule has 1 rings (SSSR count). The molecule has 1 unspecified atom stereocenters. The highest BCUT2D eigenvalue weighted by molar-refractivity contribution is 5.26. The van der Waals surface area contributed by atoms with Crippen LogP contribution in [-0.4, -0.2) is 13.1 Å². The van der Waals surface area contributed by atoms with Crippen LogP contribution < -0.4 is 5.32 Å². The minimum atomic E-state index is -0.145. The molecule has 0 aliphatic heterocycles. The van der Waals surface area contributed by atoms with Gasteiger partial charge in [0, 0.05) is 6.04 Å². The van der Waals surface area contributed by atoms with Gasteiger partial charge in [0.05, 0.1) is 0 Å². The molecule has 0 aromatic heterocycles. The van der Waals surface area contributed by atoms with Crippen LogP contribution in [0.2, 0.25) is 0 Å². The quantitative estimate of drug-likeness (QED) is 0.779. The van der Waals surface area contributed by atoms with Crippen molar-refractivity contribution in [1.29, 1.82) is 0 Å². The van der Waals surface area contributed by atoms with E-state index in [1.807, 2.05) is 20.0 Å². The van der Waals surface area contributed by atoms with E-state index in [9.17, 15) is 4.39 Å². The average Bonchev–Trinajstić information content (AvgIpc) is 2.16. The third kappa shape index (κ3) is 3.11. The molecule has 0 aliphatic rings. The summed E-state index contributed by atoms with van der Waals surface area (Å²) in [6, 6.07) is 5.53. The molecule has 0 heterocycles. The molecule has 1 atom stereocenters. The third-order valence-corrected chi connectivity index (χ3v) is 2.64. The van der Waals surface area contributed by atoms with E-state index in [1.165, 1.54) is 11.6 Å². The molecular weight excluding hydrogens is 177 g/mol. The number of aryl methyl sites for hydroxylation is 2. The highest BCUT2D eigenvalue weighted by Gasteiger charge is 2.02. The lowest BCUT2D eigenvalue weighted by atomic mass is 10.0. The van der Waals surface area contributed by atoms with Crippen molar-refractivity contribution in [3.05, 3.63) is 35.1 Å². The van der Waals surface area contributed by atoms with E-state index in [0.29, 0.717) is 6.04 Å². The summed E-state index contributed by atoms with van der Waals surface area (Å²) in [5.74, 6) is -0.145. The maximum absolute atomic E-state index is 12.8. The van der Waals surface area contributed by atoms with E-state index >= 15 is 0 Å². The second-order valence-electron chi connectivity index (χ2n) is 3.80. The largest absolute Gasteiger partial charge is 0.317 e. The maximum Gasteiger partial charge on any atom is 0.123 e. The Labute approximate surface area is 85.3 Å². The first kappa shape index (κ1) is 11.2. The molecule has 14 heavy (non-hydrogen) atoms. The molecule has 0 bridgehead atoms. The molecule has 0 spiro atoms. The highest BCUT2D eigenvalue weighted by atomic mass is 19.1. The number of benzene rings is 1. The van der Waals surface area contributed by atoms with Gasteiger partial charge in [0.1, 0.15) is 5.82 Å². The van der Waals surface area contributed by atoms with Crippen LogP contribution in [0.25, 0.3) is 0 Å². The van der Waals surface area contributed by atoms with Crippen molar-refractivity contribution in [2.24, 2.45) is 0 Å². The van der Waals surface area contributed by atoms with Gasteiger partial charge < -0.3 is 5.32 Å². The number of hydrogen-bond acceptors (Lipinski definition) is 1. The molecule has 0 fully saturated rings. The molecular formula is C12H18FN. The van der Waals surface area contributed by atoms with Gasteiger partial charge in [-0.15, -0.1) is 0 Å². The predicted molar refractivity (Wildman–Crippen MR) is 58.0 cm³/mol. The van der Waals surface area contributed by atoms with Gasteiger partial charge in [0.2, 0.25) is 0 Å². The Kier molecular flexibility index (Phi) is 4.08. The fourth-order valence-corrected chi connectivity index (χ4v) is 1.46. The van der Waals surface area contributed by atoms with Crippen molar-refractivity contribution < 1.29 is 4.39 Å². The molecule has 1 nitrogen and oxygen atoms in total. The van der Waals surface area contributed by atoms with Gasteiger partial charge in [-0.3, -0.25) is 0 Å². The predicted octanol–water partition coefficient (Wildman–Crippen LogP) is 2.67. The summed E-state index contributed by atoms with van der Waals surface area (Å²) >= 11 is 0. The van der Waals surface area contributed by atoms with Crippen molar-refractivity contribution in [2.75, 3.05) is 7.05 Å². The van der Waals surface area contributed by atoms with E-state index in [-0.39, 0.29) is 5.82 Å². The lowest BCUT2D eigenvalue weighted by Crippen LogP contribution is -2.21. The number of hydrogen-bond donors (Lipinski definition) is 1. The fraction of sp³-hybridized carbons (Fsp3) is 0.500. The number of rotatable bonds is 4. The Hall–Kier alpha value is -0.890. The number of halogens is 1. The number of nitrogens with one attached hydrogen (secondary N) is 1. The van der Waals surface area contributed by atoms with Crippen LogP contribution in [-0.2, 0) is 6.42 Å². The first-order chi connectivity index (χ1) is 6.63. The normalized spacial score (nSPS) is 12.9. The topological polar surface area (TPSA) is 12.0 Å². The van der Waals surface area contributed by atoms with Crippen LogP contribution in [0.5, 0.6) is 0 Å². The molecule has 78 valence electrons. The van der Waals surface area contributed by atoms with Crippen molar-refractivity contribution in [1.82, 2.24) is 5.32 Å². The van der Waals surface area contributed by atoms with Crippen LogP contribution in [0.1, 0.15) is 24.5 Å². The zero-order valence-electron chi connectivity index (χ0n) is 9.10. The van der Waals surface area contributed by atoms with Gasteiger partial charge in [-0.25, -0.2) is 4.39 Å². The van der Waals surface area contributed by atoms with E-state index in [1.54, 1.807) is 6.07 Å². The Morgan fingerprint density at radius 2 is 2.14 bits per heavy atom. The minimum Gasteiger partial charge on any atom is -0.317 e. The summed E-state index contributed by atoms with van der Waals surface area (Å²) in [5.41, 5.74) is 2.29. The van der Waals surface area contributed by atoms with E-state index in [4.69, 9.17) is 0 Å². The Bertz CT molecular complexity index is 296. The summed E-state index contributed by atoms with van der Waals surface area (Å²) in [6.07, 6.45) is 2.09. The van der Waals surface area contributed by atoms with Crippen LogP contribution in [0.4, 0.5) is 4.39 Å². The van der Waals surface area contributed by atoms with Crippen molar-refractivity contribution in [3.8, 4) is 0 Å². The molecule has 0 aliphatic carbocycles. The second kappa shape index (κ2) is 5.11. The maximum atomic E-state index is 12.8. The van der Waals surface area contributed by atoms with Crippen molar-refractivity contribution >= 4 is 0 Å². The van der Waals surface area contributed by atoms with Crippen molar-refractivity contribution in [2.45, 2.75) is 32.7 Å². The van der Waals surface area contributed by atoms with E-state index in [2.05, 4.69) is 12.2 Å². The van der Waals surface area contributed by atoms with Gasteiger partial charge in [0.25, 0.3) is 0 Å². The van der Waals surface area contributed by atoms with Gasteiger partial charge in [-0.05, 0) is 57.0 Å². The van der Waals surface area contributed by atoms with Crippen LogP contribution in [0, 0.1) is 12.7 Å². The molecule has 0 amide bonds. The third-order valence-electron chi connectivity index (χ3n) is 2.64. The van der Waals surface area contributed by atoms with Crippen LogP contribution in [0.15, 0.2) is 18.2 Å². The summed E-state index contributed by atoms with van der Waals surface area (Å²) in [6.45, 7) is 4.11. The first-order valence-corrected chi connectivity index (χ1v) is 5.05. The summed E-state index contributed by atoms with van der Waals surface area (Å²) < 4.78 is 12.8. The Morgan fingerprint density at radius 1 is 1.43 bits per heavy atom. The van der Waals surface area contributed by atoms with Gasteiger partial charge in [0.15, 0.2) is 0 Å². The molecule has 1 aromatic carbocycles. The molecule has 0 saturated heterocycles. The van der Waals surface area contributed by atoms with Crippen molar-refractivity contribution in [3.63, 3.8) is 0 Å². The zero-order chi connectivity index (χ0) is 10.6. The summed E-state index contributed by atoms with van der Waals surface area (Å²) in [7, 11) is 1.96. The lowest BCUT2D eigenvalue weighted by molar-refractivity contribution is 0.563. The van der Waals surface area contributed by atoms with Gasteiger partial charge in [-0.2, -0.15) is 0 Å². The van der Waals surface area contributed by atoms with Crippen LogP contribution >= 0.6 is 0 Å².